The molecule has 0 N–H and O–H groups in total. The lowest BCUT2D eigenvalue weighted by Gasteiger charge is -2.03. The third-order valence-electron chi connectivity index (χ3n) is 1.90. The van der Waals surface area contributed by atoms with Crippen molar-refractivity contribution in [2.75, 3.05) is 7.11 Å². The van der Waals surface area contributed by atoms with Crippen LogP contribution in [0.25, 0.3) is 5.76 Å². The number of methoxy groups -OCH3 is 1. The summed E-state index contributed by atoms with van der Waals surface area (Å²) in [6.07, 6.45) is 4.74. The molecule has 3 heteroatoms. The molecular weight excluding hydrogens is 218 g/mol. The van der Waals surface area contributed by atoms with E-state index in [4.69, 9.17) is 4.74 Å². The Kier molecular flexibility index (Phi) is 1.89. The third kappa shape index (κ3) is 1.14. The van der Waals surface area contributed by atoms with Gasteiger partial charge < -0.3 is 4.74 Å². The molecule has 62 valence electrons. The molecule has 1 aromatic rings. The molecule has 0 radical (unpaired) electrons. The Balaban J connectivity index is 2.50. The van der Waals surface area contributed by atoms with Gasteiger partial charge in [-0.3, -0.25) is 4.98 Å². The summed E-state index contributed by atoms with van der Waals surface area (Å²) in [5.41, 5.74) is 2.20. The number of hydrogen-bond acceptors (Lipinski definition) is 2. The molecule has 1 aliphatic rings. The molecule has 1 aromatic heterocycles. The van der Waals surface area contributed by atoms with Gasteiger partial charge in [0.05, 0.1) is 12.8 Å². The van der Waals surface area contributed by atoms with Crippen LogP contribution >= 0.6 is 15.9 Å². The van der Waals surface area contributed by atoms with Gasteiger partial charge in [-0.15, -0.1) is 0 Å². The van der Waals surface area contributed by atoms with E-state index in [0.29, 0.717) is 0 Å². The molecule has 0 aliphatic heterocycles. The van der Waals surface area contributed by atoms with Gasteiger partial charge in [0.25, 0.3) is 0 Å². The number of fused-ring (bicyclic) bond motifs is 1. The highest BCUT2D eigenvalue weighted by Gasteiger charge is 2.15. The highest BCUT2D eigenvalue weighted by Crippen LogP contribution is 2.28. The van der Waals surface area contributed by atoms with E-state index < -0.39 is 0 Å². The van der Waals surface area contributed by atoms with Gasteiger partial charge in [0.15, 0.2) is 0 Å². The van der Waals surface area contributed by atoms with Crippen LogP contribution in [0.2, 0.25) is 0 Å². The van der Waals surface area contributed by atoms with Crippen LogP contribution in [-0.2, 0) is 11.2 Å². The summed E-state index contributed by atoms with van der Waals surface area (Å²) in [4.78, 5) is 4.28. The van der Waals surface area contributed by atoms with Crippen LogP contribution < -0.4 is 0 Å². The Morgan fingerprint density at radius 1 is 1.58 bits per heavy atom. The van der Waals surface area contributed by atoms with E-state index in [2.05, 4.69) is 20.9 Å². The van der Waals surface area contributed by atoms with Crippen LogP contribution in [0.4, 0.5) is 0 Å². The quantitative estimate of drug-likeness (QED) is 0.733. The van der Waals surface area contributed by atoms with Crippen molar-refractivity contribution in [1.82, 2.24) is 4.98 Å². The Morgan fingerprint density at radius 3 is 3.17 bits per heavy atom. The van der Waals surface area contributed by atoms with Gasteiger partial charge in [-0.25, -0.2) is 0 Å². The number of halogens is 1. The van der Waals surface area contributed by atoms with Gasteiger partial charge in [0, 0.05) is 22.7 Å². The van der Waals surface area contributed by atoms with Crippen LogP contribution in [0.5, 0.6) is 0 Å². The molecule has 0 bridgehead atoms. The molecule has 0 saturated carbocycles. The van der Waals surface area contributed by atoms with Crippen molar-refractivity contribution in [2.45, 2.75) is 6.42 Å². The summed E-state index contributed by atoms with van der Waals surface area (Å²) in [6.45, 7) is 0. The van der Waals surface area contributed by atoms with E-state index in [1.165, 1.54) is 0 Å². The van der Waals surface area contributed by atoms with E-state index in [-0.39, 0.29) is 0 Å². The number of rotatable bonds is 1. The molecule has 0 atom stereocenters. The second kappa shape index (κ2) is 2.90. The van der Waals surface area contributed by atoms with Crippen molar-refractivity contribution in [3.05, 3.63) is 34.1 Å². The van der Waals surface area contributed by atoms with Crippen molar-refractivity contribution in [3.8, 4) is 0 Å². The number of pyridine rings is 1. The molecule has 12 heavy (non-hydrogen) atoms. The minimum atomic E-state index is 0.881. The third-order valence-corrected chi connectivity index (χ3v) is 2.34. The second-order valence-corrected chi connectivity index (χ2v) is 3.54. The van der Waals surface area contributed by atoms with Crippen molar-refractivity contribution in [2.24, 2.45) is 0 Å². The van der Waals surface area contributed by atoms with Crippen LogP contribution in [0.15, 0.2) is 22.8 Å². The predicted molar refractivity (Wildman–Crippen MR) is 50.6 cm³/mol. The SMILES string of the molecule is COC1=CCc2ncc(Br)cc21. The topological polar surface area (TPSA) is 22.1 Å². The van der Waals surface area contributed by atoms with Crippen LogP contribution in [0.1, 0.15) is 11.3 Å². The molecule has 1 aliphatic carbocycles. The van der Waals surface area contributed by atoms with Crippen molar-refractivity contribution < 1.29 is 4.74 Å². The smallest absolute Gasteiger partial charge is 0.124 e. The first-order valence-electron chi connectivity index (χ1n) is 3.70. The van der Waals surface area contributed by atoms with Gasteiger partial charge in [-0.1, -0.05) is 0 Å². The number of aromatic nitrogens is 1. The summed E-state index contributed by atoms with van der Waals surface area (Å²) in [7, 11) is 1.68. The Morgan fingerprint density at radius 2 is 2.42 bits per heavy atom. The normalized spacial score (nSPS) is 14.0. The first-order valence-corrected chi connectivity index (χ1v) is 4.49. The molecule has 0 unspecified atom stereocenters. The van der Waals surface area contributed by atoms with Gasteiger partial charge in [0.2, 0.25) is 0 Å². The van der Waals surface area contributed by atoms with Crippen LogP contribution in [0, 0.1) is 0 Å². The minimum absolute atomic E-state index is 0.881. The fourth-order valence-corrected chi connectivity index (χ4v) is 1.67. The zero-order chi connectivity index (χ0) is 8.55. The molecule has 0 saturated heterocycles. The first-order chi connectivity index (χ1) is 5.81. The molecule has 0 aromatic carbocycles. The summed E-state index contributed by atoms with van der Waals surface area (Å²) in [5.74, 6) is 0.929. The van der Waals surface area contributed by atoms with E-state index in [9.17, 15) is 0 Å². The Hall–Kier alpha value is -0.830. The maximum Gasteiger partial charge on any atom is 0.124 e. The molecule has 0 fully saturated rings. The van der Waals surface area contributed by atoms with E-state index in [1.54, 1.807) is 7.11 Å². The highest BCUT2D eigenvalue weighted by molar-refractivity contribution is 9.10. The van der Waals surface area contributed by atoms with Gasteiger partial charge >= 0.3 is 0 Å². The average Bonchev–Trinajstić information content (AvgIpc) is 2.46. The van der Waals surface area contributed by atoms with Crippen LogP contribution in [0.3, 0.4) is 0 Å². The van der Waals surface area contributed by atoms with E-state index in [0.717, 1.165) is 27.9 Å². The zero-order valence-corrected chi connectivity index (χ0v) is 8.26. The summed E-state index contributed by atoms with van der Waals surface area (Å²) >= 11 is 3.38. The number of hydrogen-bond donors (Lipinski definition) is 0. The van der Waals surface area contributed by atoms with E-state index >= 15 is 0 Å². The lowest BCUT2D eigenvalue weighted by molar-refractivity contribution is 0.371. The molecule has 2 nitrogen and oxygen atoms in total. The molecule has 0 spiro atoms. The fraction of sp³-hybridized carbons (Fsp3) is 0.222. The standard InChI is InChI=1S/C9H8BrNO/c1-12-9-3-2-8-7(9)4-6(10)5-11-8/h3-5H,2H2,1H3. The van der Waals surface area contributed by atoms with E-state index in [1.807, 2.05) is 18.3 Å². The molecular formula is C9H8BrNO. The lowest BCUT2D eigenvalue weighted by Crippen LogP contribution is -1.89. The van der Waals surface area contributed by atoms with Crippen LogP contribution in [-0.4, -0.2) is 12.1 Å². The summed E-state index contributed by atoms with van der Waals surface area (Å²) in [6, 6.07) is 2.03. The average molecular weight is 226 g/mol. The highest BCUT2D eigenvalue weighted by atomic mass is 79.9. The molecule has 1 heterocycles. The molecule has 2 rings (SSSR count). The van der Waals surface area contributed by atoms with Crippen molar-refractivity contribution in [3.63, 3.8) is 0 Å². The minimum Gasteiger partial charge on any atom is -0.496 e. The second-order valence-electron chi connectivity index (χ2n) is 2.62. The fourth-order valence-electron chi connectivity index (χ4n) is 1.34. The Labute approximate surface area is 79.4 Å². The number of ether oxygens (including phenoxy) is 1. The first kappa shape index (κ1) is 7.80. The van der Waals surface area contributed by atoms with Gasteiger partial charge in [0.1, 0.15) is 5.76 Å². The molecule has 0 amide bonds. The maximum absolute atomic E-state index is 5.19. The number of nitrogens with zero attached hydrogens (tertiary/aromatic N) is 1. The van der Waals surface area contributed by atoms with Gasteiger partial charge in [-0.05, 0) is 28.1 Å². The number of allylic oxidation sites excluding steroid dienone is 1. The van der Waals surface area contributed by atoms with Gasteiger partial charge in [-0.2, -0.15) is 0 Å². The predicted octanol–water partition coefficient (Wildman–Crippen LogP) is 2.39. The lowest BCUT2D eigenvalue weighted by atomic mass is 10.2. The van der Waals surface area contributed by atoms with Crippen molar-refractivity contribution >= 4 is 21.7 Å². The van der Waals surface area contributed by atoms with Crippen molar-refractivity contribution in [1.29, 1.82) is 0 Å². The zero-order valence-electron chi connectivity index (χ0n) is 6.67. The monoisotopic (exact) mass is 225 g/mol. The summed E-state index contributed by atoms with van der Waals surface area (Å²) in [5, 5.41) is 0. The Bertz CT molecular complexity index is 346. The maximum atomic E-state index is 5.19. The summed E-state index contributed by atoms with van der Waals surface area (Å²) < 4.78 is 6.18. The largest absolute Gasteiger partial charge is 0.496 e.